The minimum Gasteiger partial charge on any atom is -0.385 e. The molecule has 0 amide bonds. The van der Waals surface area contributed by atoms with Crippen LogP contribution in [0.15, 0.2) is 12.1 Å². The van der Waals surface area contributed by atoms with Crippen LogP contribution in [0.25, 0.3) is 0 Å². The zero-order valence-corrected chi connectivity index (χ0v) is 8.74. The zero-order valence-electron chi connectivity index (χ0n) is 7.98. The average molecular weight is 215 g/mol. The lowest BCUT2D eigenvalue weighted by Crippen LogP contribution is -2.34. The van der Waals surface area contributed by atoms with Gasteiger partial charge < -0.3 is 5.11 Å². The highest BCUT2D eigenvalue weighted by atomic mass is 35.5. The zero-order chi connectivity index (χ0) is 10.3. The van der Waals surface area contributed by atoms with Crippen molar-refractivity contribution in [2.75, 3.05) is 0 Å². The summed E-state index contributed by atoms with van der Waals surface area (Å²) in [5, 5.41) is 10.4. The molecule has 0 heterocycles. The third-order valence-electron chi connectivity index (χ3n) is 3.00. The van der Waals surface area contributed by atoms with E-state index in [2.05, 4.69) is 0 Å². The van der Waals surface area contributed by atoms with Gasteiger partial charge in [-0.25, -0.2) is 4.39 Å². The van der Waals surface area contributed by atoms with E-state index in [1.165, 1.54) is 0 Å². The quantitative estimate of drug-likeness (QED) is 0.762. The minimum atomic E-state index is -0.945. The highest BCUT2D eigenvalue weighted by Gasteiger charge is 2.38. The van der Waals surface area contributed by atoms with Gasteiger partial charge in [-0.1, -0.05) is 17.7 Å². The van der Waals surface area contributed by atoms with Gasteiger partial charge in [0.05, 0.1) is 5.60 Å². The summed E-state index contributed by atoms with van der Waals surface area (Å²) >= 11 is 5.78. The van der Waals surface area contributed by atoms with Gasteiger partial charge in [-0.3, -0.25) is 0 Å². The fraction of sp³-hybridized carbons (Fsp3) is 0.455. The van der Waals surface area contributed by atoms with Crippen LogP contribution in [0.4, 0.5) is 4.39 Å². The maximum absolute atomic E-state index is 13.7. The van der Waals surface area contributed by atoms with E-state index in [4.69, 9.17) is 11.6 Å². The van der Waals surface area contributed by atoms with Crippen molar-refractivity contribution in [1.82, 2.24) is 0 Å². The molecular formula is C11H12ClFO. The molecule has 1 aliphatic carbocycles. The van der Waals surface area contributed by atoms with E-state index in [0.717, 1.165) is 6.42 Å². The third-order valence-corrected chi connectivity index (χ3v) is 3.41. The van der Waals surface area contributed by atoms with E-state index in [9.17, 15) is 9.50 Å². The summed E-state index contributed by atoms with van der Waals surface area (Å²) < 4.78 is 13.7. The lowest BCUT2D eigenvalue weighted by molar-refractivity contribution is -0.0417. The van der Waals surface area contributed by atoms with E-state index in [1.807, 2.05) is 0 Å². The Labute approximate surface area is 87.5 Å². The predicted molar refractivity (Wildman–Crippen MR) is 53.9 cm³/mol. The van der Waals surface area contributed by atoms with E-state index in [-0.39, 0.29) is 5.82 Å². The molecule has 0 aliphatic heterocycles. The Morgan fingerprint density at radius 2 is 2.07 bits per heavy atom. The fourth-order valence-corrected chi connectivity index (χ4v) is 1.95. The van der Waals surface area contributed by atoms with Crippen molar-refractivity contribution in [3.63, 3.8) is 0 Å². The Morgan fingerprint density at radius 3 is 2.57 bits per heavy atom. The first-order valence-electron chi connectivity index (χ1n) is 4.72. The van der Waals surface area contributed by atoms with Crippen LogP contribution in [-0.2, 0) is 5.60 Å². The van der Waals surface area contributed by atoms with Crippen LogP contribution in [0, 0.1) is 12.7 Å². The van der Waals surface area contributed by atoms with Gasteiger partial charge in [-0.15, -0.1) is 0 Å². The second-order valence-electron chi connectivity index (χ2n) is 3.92. The van der Waals surface area contributed by atoms with Crippen molar-refractivity contribution in [2.45, 2.75) is 31.8 Å². The molecule has 0 atom stereocenters. The van der Waals surface area contributed by atoms with Crippen LogP contribution in [-0.4, -0.2) is 5.11 Å². The lowest BCUT2D eigenvalue weighted by atomic mass is 9.74. The smallest absolute Gasteiger partial charge is 0.133 e. The molecule has 76 valence electrons. The van der Waals surface area contributed by atoms with Crippen molar-refractivity contribution < 1.29 is 9.50 Å². The molecule has 1 aromatic rings. The Balaban J connectivity index is 2.49. The van der Waals surface area contributed by atoms with Crippen LogP contribution in [0.3, 0.4) is 0 Å². The van der Waals surface area contributed by atoms with Crippen LogP contribution in [0.1, 0.15) is 30.4 Å². The first kappa shape index (κ1) is 9.94. The molecule has 0 saturated heterocycles. The van der Waals surface area contributed by atoms with E-state index < -0.39 is 5.60 Å². The van der Waals surface area contributed by atoms with Crippen LogP contribution in [0.5, 0.6) is 0 Å². The Hall–Kier alpha value is -0.600. The minimum absolute atomic E-state index is 0.361. The highest BCUT2D eigenvalue weighted by molar-refractivity contribution is 6.31. The average Bonchev–Trinajstić information content (AvgIpc) is 2.11. The molecule has 1 fully saturated rings. The summed E-state index contributed by atoms with van der Waals surface area (Å²) in [6.07, 6.45) is 2.24. The summed E-state index contributed by atoms with van der Waals surface area (Å²) in [7, 11) is 0. The molecule has 1 saturated carbocycles. The van der Waals surface area contributed by atoms with Crippen molar-refractivity contribution in [2.24, 2.45) is 0 Å². The fourth-order valence-electron chi connectivity index (χ4n) is 1.80. The lowest BCUT2D eigenvalue weighted by Gasteiger charge is -2.37. The van der Waals surface area contributed by atoms with E-state index >= 15 is 0 Å². The van der Waals surface area contributed by atoms with Gasteiger partial charge in [-0.2, -0.15) is 0 Å². The molecule has 0 radical (unpaired) electrons. The SMILES string of the molecule is Cc1c(Cl)ccc(C2(O)CCC2)c1F. The van der Waals surface area contributed by atoms with Crippen molar-refractivity contribution in [1.29, 1.82) is 0 Å². The summed E-state index contributed by atoms with van der Waals surface area (Å²) in [5.41, 5.74) is -0.130. The number of halogens is 2. The molecule has 0 unspecified atom stereocenters. The normalized spacial score (nSPS) is 19.1. The van der Waals surface area contributed by atoms with Gasteiger partial charge in [0.15, 0.2) is 0 Å². The second kappa shape index (κ2) is 3.21. The van der Waals surface area contributed by atoms with Crippen molar-refractivity contribution >= 4 is 11.6 Å². The topological polar surface area (TPSA) is 20.2 Å². The molecule has 14 heavy (non-hydrogen) atoms. The molecular weight excluding hydrogens is 203 g/mol. The molecule has 2 rings (SSSR count). The van der Waals surface area contributed by atoms with E-state index in [1.54, 1.807) is 19.1 Å². The van der Waals surface area contributed by atoms with Gasteiger partial charge in [-0.05, 0) is 32.3 Å². The van der Waals surface area contributed by atoms with Crippen molar-refractivity contribution in [3.8, 4) is 0 Å². The first-order valence-corrected chi connectivity index (χ1v) is 5.10. The first-order chi connectivity index (χ1) is 6.54. The van der Waals surface area contributed by atoms with Crippen LogP contribution < -0.4 is 0 Å². The van der Waals surface area contributed by atoms with Gasteiger partial charge in [0.25, 0.3) is 0 Å². The van der Waals surface area contributed by atoms with Gasteiger partial charge in [0.1, 0.15) is 5.82 Å². The number of rotatable bonds is 1. The second-order valence-corrected chi connectivity index (χ2v) is 4.33. The van der Waals surface area contributed by atoms with Gasteiger partial charge in [0, 0.05) is 16.1 Å². The number of aliphatic hydroxyl groups is 1. The molecule has 1 N–H and O–H groups in total. The standard InChI is InChI=1S/C11H12ClFO/c1-7-9(12)4-3-8(10(7)13)11(14)5-2-6-11/h3-4,14H,2,5-6H2,1H3. The molecule has 1 aliphatic rings. The predicted octanol–water partition coefficient (Wildman–Crippen LogP) is 3.16. The maximum Gasteiger partial charge on any atom is 0.133 e. The number of hydrogen-bond acceptors (Lipinski definition) is 1. The number of hydrogen-bond donors (Lipinski definition) is 1. The Bertz CT molecular complexity index is 372. The summed E-state index contributed by atoms with van der Waals surface area (Å²) in [6, 6.07) is 3.23. The summed E-state index contributed by atoms with van der Waals surface area (Å²) in [6.45, 7) is 1.63. The number of benzene rings is 1. The van der Waals surface area contributed by atoms with E-state index in [0.29, 0.717) is 29.0 Å². The largest absolute Gasteiger partial charge is 0.385 e. The third kappa shape index (κ3) is 1.33. The Kier molecular flexibility index (Phi) is 2.28. The highest BCUT2D eigenvalue weighted by Crippen LogP contribution is 2.43. The van der Waals surface area contributed by atoms with Crippen LogP contribution in [0.2, 0.25) is 5.02 Å². The molecule has 1 aromatic carbocycles. The summed E-state index contributed by atoms with van der Waals surface area (Å²) in [4.78, 5) is 0. The molecule has 0 bridgehead atoms. The Morgan fingerprint density at radius 1 is 1.43 bits per heavy atom. The maximum atomic E-state index is 13.7. The van der Waals surface area contributed by atoms with Crippen molar-refractivity contribution in [3.05, 3.63) is 34.1 Å². The molecule has 0 spiro atoms. The van der Waals surface area contributed by atoms with Gasteiger partial charge >= 0.3 is 0 Å². The van der Waals surface area contributed by atoms with Crippen LogP contribution >= 0.6 is 11.6 Å². The molecule has 0 aromatic heterocycles. The monoisotopic (exact) mass is 214 g/mol. The van der Waals surface area contributed by atoms with Gasteiger partial charge in [0.2, 0.25) is 0 Å². The molecule has 1 nitrogen and oxygen atoms in total. The molecule has 3 heteroatoms. The summed E-state index contributed by atoms with van der Waals surface area (Å²) in [5.74, 6) is -0.361.